The minimum atomic E-state index is 0.376. The van der Waals surface area contributed by atoms with E-state index in [1.807, 2.05) is 22.7 Å². The summed E-state index contributed by atoms with van der Waals surface area (Å²) < 4.78 is 2.01. The molecule has 0 unspecified atom stereocenters. The van der Waals surface area contributed by atoms with E-state index in [2.05, 4.69) is 16.1 Å². The SMILES string of the molecule is NC1CCN(Cc2cn3ccc(Cl)cc3n2)CC1. The lowest BCUT2D eigenvalue weighted by Crippen LogP contribution is -2.39. The average Bonchev–Trinajstić information content (AvgIpc) is 2.73. The lowest BCUT2D eigenvalue weighted by atomic mass is 10.1. The van der Waals surface area contributed by atoms with E-state index in [1.165, 1.54) is 0 Å². The van der Waals surface area contributed by atoms with Crippen LogP contribution in [0, 0.1) is 0 Å². The number of imidazole rings is 1. The highest BCUT2D eigenvalue weighted by Gasteiger charge is 2.16. The number of nitrogens with two attached hydrogens (primary N) is 1. The zero-order chi connectivity index (χ0) is 12.5. The van der Waals surface area contributed by atoms with E-state index < -0.39 is 0 Å². The highest BCUT2D eigenvalue weighted by atomic mass is 35.5. The first-order valence-corrected chi connectivity index (χ1v) is 6.69. The zero-order valence-corrected chi connectivity index (χ0v) is 11.0. The maximum atomic E-state index is 5.96. The molecule has 1 saturated heterocycles. The first kappa shape index (κ1) is 12.0. The second-order valence-corrected chi connectivity index (χ2v) is 5.39. The van der Waals surface area contributed by atoms with Crippen LogP contribution in [0.15, 0.2) is 24.5 Å². The lowest BCUT2D eigenvalue weighted by Gasteiger charge is -2.29. The fraction of sp³-hybridized carbons (Fsp3) is 0.462. The van der Waals surface area contributed by atoms with Gasteiger partial charge in [0.15, 0.2) is 0 Å². The van der Waals surface area contributed by atoms with Gasteiger partial charge < -0.3 is 10.1 Å². The first-order chi connectivity index (χ1) is 8.70. The number of hydrogen-bond donors (Lipinski definition) is 1. The molecule has 0 spiro atoms. The van der Waals surface area contributed by atoms with Crippen molar-refractivity contribution >= 4 is 17.2 Å². The predicted octanol–water partition coefficient (Wildman–Crippen LogP) is 1.91. The molecule has 1 aliphatic heterocycles. The van der Waals surface area contributed by atoms with E-state index in [0.717, 1.165) is 48.8 Å². The number of pyridine rings is 1. The summed E-state index contributed by atoms with van der Waals surface area (Å²) in [4.78, 5) is 7.00. The van der Waals surface area contributed by atoms with E-state index >= 15 is 0 Å². The van der Waals surface area contributed by atoms with Crippen molar-refractivity contribution in [2.75, 3.05) is 13.1 Å². The molecule has 0 radical (unpaired) electrons. The number of piperidine rings is 1. The molecular formula is C13H17ClN4. The minimum Gasteiger partial charge on any atom is -0.328 e. The molecule has 5 heteroatoms. The van der Waals surface area contributed by atoms with Gasteiger partial charge in [0.2, 0.25) is 0 Å². The number of aromatic nitrogens is 2. The van der Waals surface area contributed by atoms with E-state index in [0.29, 0.717) is 6.04 Å². The Labute approximate surface area is 111 Å². The van der Waals surface area contributed by atoms with Gasteiger partial charge in [-0.15, -0.1) is 0 Å². The summed E-state index contributed by atoms with van der Waals surface area (Å²) in [5.74, 6) is 0. The van der Waals surface area contributed by atoms with Gasteiger partial charge in [-0.1, -0.05) is 11.6 Å². The molecule has 0 saturated carbocycles. The van der Waals surface area contributed by atoms with Crippen LogP contribution in [0.5, 0.6) is 0 Å². The summed E-state index contributed by atoms with van der Waals surface area (Å²) in [5.41, 5.74) is 7.91. The van der Waals surface area contributed by atoms with Crippen molar-refractivity contribution in [1.82, 2.24) is 14.3 Å². The number of likely N-dealkylation sites (tertiary alicyclic amines) is 1. The van der Waals surface area contributed by atoms with E-state index in [-0.39, 0.29) is 0 Å². The fourth-order valence-electron chi connectivity index (χ4n) is 2.43. The van der Waals surface area contributed by atoms with Crippen LogP contribution in [-0.4, -0.2) is 33.4 Å². The largest absolute Gasteiger partial charge is 0.328 e. The predicted molar refractivity (Wildman–Crippen MR) is 72.7 cm³/mol. The average molecular weight is 265 g/mol. The number of nitrogens with zero attached hydrogens (tertiary/aromatic N) is 3. The van der Waals surface area contributed by atoms with Gasteiger partial charge in [-0.3, -0.25) is 4.90 Å². The van der Waals surface area contributed by atoms with Crippen LogP contribution in [0.25, 0.3) is 5.65 Å². The smallest absolute Gasteiger partial charge is 0.138 e. The number of halogens is 1. The number of hydrogen-bond acceptors (Lipinski definition) is 3. The Balaban J connectivity index is 1.74. The van der Waals surface area contributed by atoms with Gasteiger partial charge in [0, 0.05) is 43.1 Å². The molecule has 4 nitrogen and oxygen atoms in total. The third-order valence-electron chi connectivity index (χ3n) is 3.49. The van der Waals surface area contributed by atoms with Gasteiger partial charge in [-0.05, 0) is 25.0 Å². The second-order valence-electron chi connectivity index (χ2n) is 4.96. The maximum Gasteiger partial charge on any atom is 0.138 e. The Hall–Kier alpha value is -1.10. The van der Waals surface area contributed by atoms with Crippen molar-refractivity contribution in [3.05, 3.63) is 35.2 Å². The summed E-state index contributed by atoms with van der Waals surface area (Å²) in [6.45, 7) is 3.03. The van der Waals surface area contributed by atoms with Crippen molar-refractivity contribution in [1.29, 1.82) is 0 Å². The molecule has 0 atom stereocenters. The number of fused-ring (bicyclic) bond motifs is 1. The van der Waals surface area contributed by atoms with Gasteiger partial charge in [0.05, 0.1) is 5.69 Å². The molecule has 2 aromatic rings. The third kappa shape index (κ3) is 2.51. The third-order valence-corrected chi connectivity index (χ3v) is 3.73. The van der Waals surface area contributed by atoms with Gasteiger partial charge in [0.1, 0.15) is 5.65 Å². The summed E-state index contributed by atoms with van der Waals surface area (Å²) >= 11 is 5.96. The molecule has 3 heterocycles. The minimum absolute atomic E-state index is 0.376. The highest BCUT2D eigenvalue weighted by Crippen LogP contribution is 2.15. The van der Waals surface area contributed by atoms with Crippen LogP contribution >= 0.6 is 11.6 Å². The molecule has 0 aromatic carbocycles. The fourth-order valence-corrected chi connectivity index (χ4v) is 2.58. The maximum absolute atomic E-state index is 5.96. The van der Waals surface area contributed by atoms with E-state index in [9.17, 15) is 0 Å². The van der Waals surface area contributed by atoms with Gasteiger partial charge in [-0.2, -0.15) is 0 Å². The lowest BCUT2D eigenvalue weighted by molar-refractivity contribution is 0.204. The standard InChI is InChI=1S/C13H17ClN4/c14-10-1-6-18-9-12(16-13(18)7-10)8-17-4-2-11(15)3-5-17/h1,6-7,9,11H,2-5,8,15H2. The molecule has 0 aliphatic carbocycles. The molecule has 96 valence electrons. The monoisotopic (exact) mass is 264 g/mol. The van der Waals surface area contributed by atoms with Crippen LogP contribution in [-0.2, 0) is 6.54 Å². The molecule has 18 heavy (non-hydrogen) atoms. The van der Waals surface area contributed by atoms with Crippen LogP contribution in [0.2, 0.25) is 5.02 Å². The molecule has 0 amide bonds. The normalized spacial score (nSPS) is 18.6. The van der Waals surface area contributed by atoms with Crippen LogP contribution in [0.3, 0.4) is 0 Å². The van der Waals surface area contributed by atoms with Crippen molar-refractivity contribution in [3.63, 3.8) is 0 Å². The molecule has 1 fully saturated rings. The molecule has 3 rings (SSSR count). The Morgan fingerprint density at radius 3 is 2.94 bits per heavy atom. The molecular weight excluding hydrogens is 248 g/mol. The van der Waals surface area contributed by atoms with Crippen molar-refractivity contribution in [3.8, 4) is 0 Å². The topological polar surface area (TPSA) is 46.6 Å². The Morgan fingerprint density at radius 1 is 1.39 bits per heavy atom. The Kier molecular flexibility index (Phi) is 3.24. The molecule has 1 aliphatic rings. The highest BCUT2D eigenvalue weighted by molar-refractivity contribution is 6.30. The quantitative estimate of drug-likeness (QED) is 0.901. The molecule has 0 bridgehead atoms. The Bertz CT molecular complexity index is 543. The summed E-state index contributed by atoms with van der Waals surface area (Å²) in [6.07, 6.45) is 6.18. The van der Waals surface area contributed by atoms with Crippen molar-refractivity contribution in [2.45, 2.75) is 25.4 Å². The first-order valence-electron chi connectivity index (χ1n) is 6.32. The van der Waals surface area contributed by atoms with Gasteiger partial charge in [0.25, 0.3) is 0 Å². The van der Waals surface area contributed by atoms with Crippen LogP contribution in [0.4, 0.5) is 0 Å². The Morgan fingerprint density at radius 2 is 2.17 bits per heavy atom. The zero-order valence-electron chi connectivity index (χ0n) is 10.2. The summed E-state index contributed by atoms with van der Waals surface area (Å²) in [7, 11) is 0. The summed E-state index contributed by atoms with van der Waals surface area (Å²) in [5, 5.41) is 0.726. The number of rotatable bonds is 2. The van der Waals surface area contributed by atoms with Gasteiger partial charge in [-0.25, -0.2) is 4.98 Å². The van der Waals surface area contributed by atoms with E-state index in [1.54, 1.807) is 0 Å². The molecule has 2 aromatic heterocycles. The van der Waals surface area contributed by atoms with E-state index in [4.69, 9.17) is 17.3 Å². The van der Waals surface area contributed by atoms with Crippen molar-refractivity contribution in [2.24, 2.45) is 5.73 Å². The second kappa shape index (κ2) is 4.88. The van der Waals surface area contributed by atoms with Crippen molar-refractivity contribution < 1.29 is 0 Å². The summed E-state index contributed by atoms with van der Waals surface area (Å²) in [6, 6.07) is 4.14. The van der Waals surface area contributed by atoms with Gasteiger partial charge >= 0.3 is 0 Å². The molecule has 2 N–H and O–H groups in total. The van der Waals surface area contributed by atoms with Crippen LogP contribution < -0.4 is 5.73 Å². The van der Waals surface area contributed by atoms with Crippen LogP contribution in [0.1, 0.15) is 18.5 Å².